The number of Topliss-reactive ketones (excluding diaryl/α,β-unsaturated/α-hetero) is 1. The molecule has 0 aromatic heterocycles. The van der Waals surface area contributed by atoms with E-state index in [1.165, 1.54) is 18.6 Å². The molecule has 0 aliphatic heterocycles. The largest absolute Gasteiger partial charge is 0.330 e. The molecule has 1 fully saturated rings. The predicted molar refractivity (Wildman–Crippen MR) is 72.8 cm³/mol. The lowest BCUT2D eigenvalue weighted by Gasteiger charge is -2.40. The van der Waals surface area contributed by atoms with Gasteiger partial charge >= 0.3 is 0 Å². The molecule has 0 saturated heterocycles. The molecule has 1 aliphatic rings. The highest BCUT2D eigenvalue weighted by Crippen LogP contribution is 2.43. The summed E-state index contributed by atoms with van der Waals surface area (Å²) < 4.78 is 13.6. The number of hydrogen-bond donors (Lipinski definition) is 1. The quantitative estimate of drug-likeness (QED) is 0.907. The van der Waals surface area contributed by atoms with Crippen LogP contribution < -0.4 is 5.73 Å². The zero-order chi connectivity index (χ0) is 13.2. The van der Waals surface area contributed by atoms with Crippen molar-refractivity contribution in [3.05, 3.63) is 34.1 Å². The molecule has 2 rings (SSSR count). The van der Waals surface area contributed by atoms with Crippen LogP contribution >= 0.6 is 15.9 Å². The van der Waals surface area contributed by atoms with E-state index in [1.54, 1.807) is 6.07 Å². The number of rotatable bonds is 5. The van der Waals surface area contributed by atoms with Crippen LogP contribution in [0.2, 0.25) is 0 Å². The van der Waals surface area contributed by atoms with E-state index in [0.717, 1.165) is 18.4 Å². The van der Waals surface area contributed by atoms with Gasteiger partial charge in [0, 0.05) is 17.3 Å². The summed E-state index contributed by atoms with van der Waals surface area (Å²) in [6.45, 7) is 0.587. The fourth-order valence-corrected chi connectivity index (χ4v) is 2.98. The topological polar surface area (TPSA) is 43.1 Å². The van der Waals surface area contributed by atoms with Crippen LogP contribution in [0.15, 0.2) is 22.7 Å². The molecule has 0 amide bonds. The van der Waals surface area contributed by atoms with Gasteiger partial charge in [-0.15, -0.1) is 0 Å². The Balaban J connectivity index is 1.98. The van der Waals surface area contributed by atoms with Crippen LogP contribution in [0.25, 0.3) is 0 Å². The molecule has 1 aromatic carbocycles. The van der Waals surface area contributed by atoms with Gasteiger partial charge in [0.15, 0.2) is 0 Å². The average molecular weight is 314 g/mol. The first kappa shape index (κ1) is 13.7. The fraction of sp³-hybridized carbons (Fsp3) is 0.500. The maximum Gasteiger partial charge on any atom is 0.137 e. The van der Waals surface area contributed by atoms with Crippen molar-refractivity contribution in [3.63, 3.8) is 0 Å². The van der Waals surface area contributed by atoms with E-state index in [2.05, 4.69) is 15.9 Å². The third kappa shape index (κ3) is 2.98. The second-order valence-corrected chi connectivity index (χ2v) is 6.04. The van der Waals surface area contributed by atoms with Crippen LogP contribution in [0.3, 0.4) is 0 Å². The minimum atomic E-state index is -0.296. The normalized spacial score (nSPS) is 17.3. The highest BCUT2D eigenvalue weighted by atomic mass is 79.9. The Morgan fingerprint density at radius 3 is 2.67 bits per heavy atom. The molecule has 0 unspecified atom stereocenters. The highest BCUT2D eigenvalue weighted by Gasteiger charge is 2.37. The van der Waals surface area contributed by atoms with Crippen molar-refractivity contribution in [2.24, 2.45) is 11.1 Å². The van der Waals surface area contributed by atoms with Crippen LogP contribution in [0.5, 0.6) is 0 Å². The maximum absolute atomic E-state index is 12.9. The molecule has 4 heteroatoms. The lowest BCUT2D eigenvalue weighted by atomic mass is 9.65. The van der Waals surface area contributed by atoms with Crippen LogP contribution in [0.1, 0.15) is 31.2 Å². The van der Waals surface area contributed by atoms with Gasteiger partial charge in [0.05, 0.1) is 0 Å². The van der Waals surface area contributed by atoms with Gasteiger partial charge in [0.2, 0.25) is 0 Å². The molecule has 1 aliphatic carbocycles. The van der Waals surface area contributed by atoms with Gasteiger partial charge in [-0.2, -0.15) is 0 Å². The maximum atomic E-state index is 12.9. The minimum absolute atomic E-state index is 0.0452. The molecule has 0 heterocycles. The van der Waals surface area contributed by atoms with E-state index in [9.17, 15) is 9.18 Å². The summed E-state index contributed by atoms with van der Waals surface area (Å²) in [6.07, 6.45) is 4.18. The molecular formula is C14H17BrFNO. The second kappa shape index (κ2) is 5.49. The van der Waals surface area contributed by atoms with E-state index in [-0.39, 0.29) is 17.0 Å². The van der Waals surface area contributed by atoms with E-state index in [1.807, 2.05) is 0 Å². The summed E-state index contributed by atoms with van der Waals surface area (Å²) in [6, 6.07) is 4.44. The summed E-state index contributed by atoms with van der Waals surface area (Å²) >= 11 is 3.29. The summed E-state index contributed by atoms with van der Waals surface area (Å²) in [5.74, 6) is -0.108. The Kier molecular flexibility index (Phi) is 4.17. The van der Waals surface area contributed by atoms with Gasteiger partial charge in [0.25, 0.3) is 0 Å². The number of hydrogen-bond acceptors (Lipinski definition) is 2. The highest BCUT2D eigenvalue weighted by molar-refractivity contribution is 9.10. The second-order valence-electron chi connectivity index (χ2n) is 5.19. The summed E-state index contributed by atoms with van der Waals surface area (Å²) in [5, 5.41) is 0. The van der Waals surface area contributed by atoms with Gasteiger partial charge in [-0.25, -0.2) is 4.39 Å². The van der Waals surface area contributed by atoms with Crippen molar-refractivity contribution in [3.8, 4) is 0 Å². The Labute approximate surface area is 115 Å². The molecular weight excluding hydrogens is 297 g/mol. The Morgan fingerprint density at radius 1 is 1.44 bits per heavy atom. The third-order valence-corrected chi connectivity index (χ3v) is 4.56. The van der Waals surface area contributed by atoms with Gasteiger partial charge in [-0.05, 0) is 42.5 Å². The van der Waals surface area contributed by atoms with Gasteiger partial charge in [-0.1, -0.05) is 28.4 Å². The lowest BCUT2D eigenvalue weighted by Crippen LogP contribution is -2.39. The van der Waals surface area contributed by atoms with Crippen molar-refractivity contribution in [1.29, 1.82) is 0 Å². The van der Waals surface area contributed by atoms with Crippen LogP contribution in [-0.4, -0.2) is 12.3 Å². The van der Waals surface area contributed by atoms with Crippen LogP contribution in [-0.2, 0) is 11.2 Å². The Hall–Kier alpha value is -0.740. The van der Waals surface area contributed by atoms with Gasteiger partial charge < -0.3 is 5.73 Å². The van der Waals surface area contributed by atoms with Gasteiger partial charge in [-0.3, -0.25) is 4.79 Å². The van der Waals surface area contributed by atoms with Crippen molar-refractivity contribution < 1.29 is 9.18 Å². The molecule has 2 N–H and O–H groups in total. The van der Waals surface area contributed by atoms with Crippen molar-refractivity contribution in [2.75, 3.05) is 6.54 Å². The number of carbonyl (C=O) groups excluding carboxylic acids is 1. The van der Waals surface area contributed by atoms with E-state index >= 15 is 0 Å². The van der Waals surface area contributed by atoms with Gasteiger partial charge in [0.1, 0.15) is 11.6 Å². The number of benzene rings is 1. The lowest BCUT2D eigenvalue weighted by molar-refractivity contribution is -0.122. The number of halogens is 2. The first-order valence-corrected chi connectivity index (χ1v) is 7.00. The van der Waals surface area contributed by atoms with E-state index in [4.69, 9.17) is 5.73 Å². The standard InChI is InChI=1S/C14H17BrFNO/c15-13-7-11(16)3-2-10(13)6-12(18)8-14(9-17)4-1-5-14/h2-3,7H,1,4-6,8-9,17H2. The van der Waals surface area contributed by atoms with E-state index in [0.29, 0.717) is 23.9 Å². The molecule has 1 saturated carbocycles. The predicted octanol–water partition coefficient (Wildman–Crippen LogP) is 3.22. The first-order chi connectivity index (χ1) is 8.54. The average Bonchev–Trinajstić information content (AvgIpc) is 2.27. The van der Waals surface area contributed by atoms with Crippen molar-refractivity contribution in [1.82, 2.24) is 0 Å². The smallest absolute Gasteiger partial charge is 0.137 e. The molecule has 18 heavy (non-hydrogen) atoms. The number of nitrogens with two attached hydrogens (primary N) is 1. The molecule has 2 nitrogen and oxygen atoms in total. The van der Waals surface area contributed by atoms with E-state index < -0.39 is 0 Å². The molecule has 98 valence electrons. The summed E-state index contributed by atoms with van der Waals surface area (Å²) in [4.78, 5) is 12.0. The molecule has 0 spiro atoms. The zero-order valence-electron chi connectivity index (χ0n) is 10.2. The van der Waals surface area contributed by atoms with Crippen molar-refractivity contribution >= 4 is 21.7 Å². The SMILES string of the molecule is NCC1(CC(=O)Cc2ccc(F)cc2Br)CCC1. The number of ketones is 1. The van der Waals surface area contributed by atoms with Crippen molar-refractivity contribution in [2.45, 2.75) is 32.1 Å². The Morgan fingerprint density at radius 2 is 2.17 bits per heavy atom. The first-order valence-electron chi connectivity index (χ1n) is 6.20. The fourth-order valence-electron chi connectivity index (χ4n) is 2.49. The molecule has 0 atom stereocenters. The number of carbonyl (C=O) groups is 1. The minimum Gasteiger partial charge on any atom is -0.330 e. The van der Waals surface area contributed by atoms with Crippen LogP contribution in [0.4, 0.5) is 4.39 Å². The zero-order valence-corrected chi connectivity index (χ0v) is 11.8. The molecule has 0 bridgehead atoms. The third-order valence-electron chi connectivity index (χ3n) is 3.82. The molecule has 0 radical (unpaired) electrons. The summed E-state index contributed by atoms with van der Waals surface area (Å²) in [7, 11) is 0. The van der Waals surface area contributed by atoms with Crippen LogP contribution in [0, 0.1) is 11.2 Å². The monoisotopic (exact) mass is 313 g/mol. The molecule has 1 aromatic rings. The summed E-state index contributed by atoms with van der Waals surface area (Å²) in [5.41, 5.74) is 6.64. The Bertz CT molecular complexity index is 452.